The zero-order valence-electron chi connectivity index (χ0n) is 12.7. The lowest BCUT2D eigenvalue weighted by Crippen LogP contribution is -2.14. The minimum atomic E-state index is -0.929. The number of halogens is 1. The van der Waals surface area contributed by atoms with Crippen LogP contribution in [0, 0.1) is 0 Å². The quantitative estimate of drug-likeness (QED) is 0.800. The van der Waals surface area contributed by atoms with Crippen LogP contribution in [0.2, 0.25) is 0 Å². The van der Waals surface area contributed by atoms with E-state index in [-0.39, 0.29) is 5.75 Å². The summed E-state index contributed by atoms with van der Waals surface area (Å²) in [6.45, 7) is 0. The van der Waals surface area contributed by atoms with E-state index in [1.54, 1.807) is 30.3 Å². The number of rotatable bonds is 6. The van der Waals surface area contributed by atoms with E-state index in [0.29, 0.717) is 28.0 Å². The molecule has 0 aromatic heterocycles. The minimum absolute atomic E-state index is 0.117. The monoisotopic (exact) mass is 380 g/mol. The van der Waals surface area contributed by atoms with E-state index in [1.807, 2.05) is 0 Å². The molecule has 0 spiro atoms. The molecular weight excluding hydrogens is 364 g/mol. The fraction of sp³-hybridized carbons (Fsp3) is 0.235. The highest BCUT2D eigenvalue weighted by Gasteiger charge is 2.22. The number of methoxy groups -OCH3 is 2. The third-order valence-corrected chi connectivity index (χ3v) is 4.20. The topological polar surface area (TPSA) is 76.0 Å². The predicted molar refractivity (Wildman–Crippen MR) is 89.4 cm³/mol. The molecule has 0 amide bonds. The van der Waals surface area contributed by atoms with Gasteiger partial charge < -0.3 is 19.7 Å². The largest absolute Gasteiger partial charge is 0.507 e. The maximum Gasteiger partial charge on any atom is 0.311 e. The van der Waals surface area contributed by atoms with Crippen molar-refractivity contribution in [1.29, 1.82) is 0 Å². The molecule has 5 nitrogen and oxygen atoms in total. The average Bonchev–Trinajstić information content (AvgIpc) is 2.54. The van der Waals surface area contributed by atoms with Crippen LogP contribution >= 0.6 is 15.9 Å². The van der Waals surface area contributed by atoms with Crippen LogP contribution in [-0.2, 0) is 11.2 Å². The van der Waals surface area contributed by atoms with E-state index in [1.165, 1.54) is 20.3 Å². The van der Waals surface area contributed by atoms with E-state index in [0.717, 1.165) is 5.56 Å². The fourth-order valence-corrected chi connectivity index (χ4v) is 2.76. The third kappa shape index (κ3) is 3.96. The predicted octanol–water partition coefficient (Wildman–Crippen LogP) is 3.58. The molecule has 0 bridgehead atoms. The molecule has 122 valence electrons. The number of ether oxygens (including phenoxy) is 2. The van der Waals surface area contributed by atoms with Crippen molar-refractivity contribution in [2.24, 2.45) is 0 Å². The highest BCUT2D eigenvalue weighted by Crippen LogP contribution is 2.33. The Bertz CT molecular complexity index is 714. The second-order valence-electron chi connectivity index (χ2n) is 5.00. The van der Waals surface area contributed by atoms with Gasteiger partial charge in [0.1, 0.15) is 5.75 Å². The SMILES string of the molecule is COc1ccc(C(Cc2ccc(O)c(Br)c2)C(=O)O)cc1OC. The first-order valence-electron chi connectivity index (χ1n) is 6.88. The molecule has 0 radical (unpaired) electrons. The number of aromatic hydroxyl groups is 1. The Balaban J connectivity index is 2.35. The summed E-state index contributed by atoms with van der Waals surface area (Å²) in [6, 6.07) is 10.0. The number of benzene rings is 2. The molecule has 2 aromatic carbocycles. The van der Waals surface area contributed by atoms with Gasteiger partial charge in [0.25, 0.3) is 0 Å². The van der Waals surface area contributed by atoms with Crippen molar-refractivity contribution >= 4 is 21.9 Å². The van der Waals surface area contributed by atoms with Gasteiger partial charge in [-0.3, -0.25) is 4.79 Å². The van der Waals surface area contributed by atoms with Gasteiger partial charge in [-0.1, -0.05) is 12.1 Å². The summed E-state index contributed by atoms with van der Waals surface area (Å²) in [5, 5.41) is 19.1. The Kier molecular flexibility index (Phi) is 5.50. The van der Waals surface area contributed by atoms with Gasteiger partial charge in [-0.2, -0.15) is 0 Å². The molecular formula is C17H17BrO5. The third-order valence-electron chi connectivity index (χ3n) is 3.56. The van der Waals surface area contributed by atoms with E-state index in [4.69, 9.17) is 9.47 Å². The number of hydrogen-bond donors (Lipinski definition) is 2. The van der Waals surface area contributed by atoms with Crippen molar-refractivity contribution in [2.75, 3.05) is 14.2 Å². The molecule has 2 N–H and O–H groups in total. The Morgan fingerprint density at radius 1 is 1.13 bits per heavy atom. The van der Waals surface area contributed by atoms with Crippen molar-refractivity contribution in [1.82, 2.24) is 0 Å². The first-order valence-corrected chi connectivity index (χ1v) is 7.67. The molecule has 2 aromatic rings. The normalized spacial score (nSPS) is 11.8. The lowest BCUT2D eigenvalue weighted by Gasteiger charge is -2.16. The van der Waals surface area contributed by atoms with Gasteiger partial charge in [0.15, 0.2) is 11.5 Å². The first-order chi connectivity index (χ1) is 11.0. The van der Waals surface area contributed by atoms with Crippen molar-refractivity contribution < 1.29 is 24.5 Å². The molecule has 0 heterocycles. The van der Waals surface area contributed by atoms with Gasteiger partial charge in [-0.15, -0.1) is 0 Å². The zero-order chi connectivity index (χ0) is 17.0. The molecule has 6 heteroatoms. The number of phenols is 1. The summed E-state index contributed by atoms with van der Waals surface area (Å²) >= 11 is 3.24. The molecule has 0 aliphatic heterocycles. The lowest BCUT2D eigenvalue weighted by molar-refractivity contribution is -0.138. The molecule has 0 aliphatic carbocycles. The van der Waals surface area contributed by atoms with Crippen LogP contribution in [0.4, 0.5) is 0 Å². The molecule has 23 heavy (non-hydrogen) atoms. The molecule has 1 atom stereocenters. The fourth-order valence-electron chi connectivity index (χ4n) is 2.33. The molecule has 2 rings (SSSR count). The summed E-state index contributed by atoms with van der Waals surface area (Å²) in [5.74, 6) is -0.504. The van der Waals surface area contributed by atoms with Crippen molar-refractivity contribution in [3.8, 4) is 17.2 Å². The number of phenolic OH excluding ortho intramolecular Hbond substituents is 1. The smallest absolute Gasteiger partial charge is 0.311 e. The van der Waals surface area contributed by atoms with Gasteiger partial charge in [0, 0.05) is 0 Å². The number of hydrogen-bond acceptors (Lipinski definition) is 4. The van der Waals surface area contributed by atoms with Crippen molar-refractivity contribution in [2.45, 2.75) is 12.3 Å². The lowest BCUT2D eigenvalue weighted by atomic mass is 9.92. The van der Waals surface area contributed by atoms with Gasteiger partial charge in [-0.25, -0.2) is 0 Å². The minimum Gasteiger partial charge on any atom is -0.507 e. The van der Waals surface area contributed by atoms with Crippen LogP contribution in [0.1, 0.15) is 17.0 Å². The van der Waals surface area contributed by atoms with Gasteiger partial charge in [0.05, 0.1) is 24.6 Å². The van der Waals surface area contributed by atoms with Crippen LogP contribution in [0.25, 0.3) is 0 Å². The molecule has 0 fully saturated rings. The van der Waals surface area contributed by atoms with Crippen LogP contribution < -0.4 is 9.47 Å². The van der Waals surface area contributed by atoms with Gasteiger partial charge in [0.2, 0.25) is 0 Å². The van der Waals surface area contributed by atoms with E-state index < -0.39 is 11.9 Å². The van der Waals surface area contributed by atoms with Crippen molar-refractivity contribution in [3.63, 3.8) is 0 Å². The number of aliphatic carboxylic acids is 1. The summed E-state index contributed by atoms with van der Waals surface area (Å²) < 4.78 is 10.9. The number of carbonyl (C=O) groups is 1. The Morgan fingerprint density at radius 3 is 2.39 bits per heavy atom. The molecule has 0 saturated carbocycles. The summed E-state index contributed by atoms with van der Waals surface area (Å²) in [7, 11) is 3.04. The molecule has 0 aliphatic rings. The van der Waals surface area contributed by atoms with Gasteiger partial charge in [-0.05, 0) is 57.7 Å². The Labute approximate surface area is 142 Å². The highest BCUT2D eigenvalue weighted by atomic mass is 79.9. The maximum absolute atomic E-state index is 11.7. The second kappa shape index (κ2) is 7.37. The van der Waals surface area contributed by atoms with Crippen molar-refractivity contribution in [3.05, 3.63) is 52.0 Å². The highest BCUT2D eigenvalue weighted by molar-refractivity contribution is 9.10. The number of carboxylic acids is 1. The molecule has 0 saturated heterocycles. The van der Waals surface area contributed by atoms with Crippen LogP contribution in [0.15, 0.2) is 40.9 Å². The Hall–Kier alpha value is -2.21. The maximum atomic E-state index is 11.7. The Morgan fingerprint density at radius 2 is 1.83 bits per heavy atom. The van der Waals surface area contributed by atoms with E-state index in [9.17, 15) is 15.0 Å². The van der Waals surface area contributed by atoms with E-state index in [2.05, 4.69) is 15.9 Å². The van der Waals surface area contributed by atoms with Crippen LogP contribution in [0.3, 0.4) is 0 Å². The van der Waals surface area contributed by atoms with E-state index >= 15 is 0 Å². The first kappa shape index (κ1) is 17.1. The summed E-state index contributed by atoms with van der Waals surface area (Å²) in [6.07, 6.45) is 0.295. The molecule has 1 unspecified atom stereocenters. The standard InChI is InChI=1S/C17H17BrO5/c1-22-15-6-4-11(9-16(15)23-2)12(17(20)21)7-10-3-5-14(19)13(18)8-10/h3-6,8-9,12,19H,7H2,1-2H3,(H,20,21). The van der Waals surface area contributed by atoms with Crippen LogP contribution in [0.5, 0.6) is 17.2 Å². The van der Waals surface area contributed by atoms with Gasteiger partial charge >= 0.3 is 5.97 Å². The zero-order valence-corrected chi connectivity index (χ0v) is 14.3. The number of carboxylic acid groups (broad SMARTS) is 1. The summed E-state index contributed by atoms with van der Waals surface area (Å²) in [5.41, 5.74) is 1.43. The average molecular weight is 381 g/mol. The van der Waals surface area contributed by atoms with Crippen LogP contribution in [-0.4, -0.2) is 30.4 Å². The second-order valence-corrected chi connectivity index (χ2v) is 5.85. The summed E-state index contributed by atoms with van der Waals surface area (Å²) in [4.78, 5) is 11.7.